The number of amides is 1. The van der Waals surface area contributed by atoms with E-state index in [4.69, 9.17) is 4.98 Å². The summed E-state index contributed by atoms with van der Waals surface area (Å²) in [6, 6.07) is 6.52. The second-order valence-corrected chi connectivity index (χ2v) is 9.00. The molecule has 1 amide bonds. The Balaban J connectivity index is 1.36. The van der Waals surface area contributed by atoms with Crippen LogP contribution in [0.15, 0.2) is 36.8 Å². The lowest BCUT2D eigenvalue weighted by atomic mass is 9.95. The van der Waals surface area contributed by atoms with Crippen molar-refractivity contribution >= 4 is 17.5 Å². The van der Waals surface area contributed by atoms with Crippen molar-refractivity contribution in [1.82, 2.24) is 24.4 Å². The smallest absolute Gasteiger partial charge is 0.230 e. The summed E-state index contributed by atoms with van der Waals surface area (Å²) in [5.74, 6) is 2.63. The first-order chi connectivity index (χ1) is 16.0. The second-order valence-electron chi connectivity index (χ2n) is 9.00. The van der Waals surface area contributed by atoms with E-state index in [1.165, 1.54) is 18.5 Å². The largest absolute Gasteiger partial charge is 0.356 e. The first-order valence-electron chi connectivity index (χ1n) is 11.3. The van der Waals surface area contributed by atoms with Gasteiger partial charge < -0.3 is 19.7 Å². The van der Waals surface area contributed by atoms with Crippen molar-refractivity contribution < 1.29 is 9.18 Å². The third-order valence-electron chi connectivity index (χ3n) is 6.41. The molecule has 0 atom stereocenters. The lowest BCUT2D eigenvalue weighted by Crippen LogP contribution is -2.35. The van der Waals surface area contributed by atoms with Crippen LogP contribution in [0.2, 0.25) is 0 Å². The molecule has 0 saturated carbocycles. The van der Waals surface area contributed by atoms with Gasteiger partial charge >= 0.3 is 0 Å². The van der Waals surface area contributed by atoms with Crippen LogP contribution in [0.4, 0.5) is 16.0 Å². The second kappa shape index (κ2) is 8.90. The Kier molecular flexibility index (Phi) is 5.80. The number of piperidine rings is 1. The van der Waals surface area contributed by atoms with Gasteiger partial charge in [-0.3, -0.25) is 4.79 Å². The monoisotopic (exact) mass is 449 g/mol. The molecule has 1 saturated heterocycles. The molecular formula is C24H28FN7O. The molecule has 5 rings (SSSR count). The average molecular weight is 450 g/mol. The Bertz CT molecular complexity index is 1150. The number of anilines is 2. The van der Waals surface area contributed by atoms with E-state index in [1.807, 2.05) is 0 Å². The highest BCUT2D eigenvalue weighted by Gasteiger charge is 2.30. The van der Waals surface area contributed by atoms with E-state index in [-0.39, 0.29) is 11.7 Å². The molecule has 0 aliphatic carbocycles. The van der Waals surface area contributed by atoms with Gasteiger partial charge in [-0.25, -0.2) is 19.3 Å². The number of nitrogens with zero attached hydrogens (tertiary/aromatic N) is 6. The Labute approximate surface area is 192 Å². The molecule has 0 spiro atoms. The number of imidazole rings is 1. The van der Waals surface area contributed by atoms with Crippen molar-refractivity contribution in [2.75, 3.05) is 43.9 Å². The molecule has 0 unspecified atom stereocenters. The van der Waals surface area contributed by atoms with Crippen molar-refractivity contribution in [3.8, 4) is 11.3 Å². The van der Waals surface area contributed by atoms with Crippen LogP contribution < -0.4 is 10.2 Å². The average Bonchev–Trinajstić information content (AvgIpc) is 3.41. The van der Waals surface area contributed by atoms with Crippen LogP contribution in [-0.2, 0) is 17.8 Å². The number of hydrogen-bond donors (Lipinski definition) is 1. The molecule has 1 N–H and O–H groups in total. The van der Waals surface area contributed by atoms with Crippen LogP contribution in [0.25, 0.3) is 11.3 Å². The van der Waals surface area contributed by atoms with Gasteiger partial charge in [0.25, 0.3) is 0 Å². The Hall–Kier alpha value is -3.33. The molecule has 2 aliphatic rings. The van der Waals surface area contributed by atoms with E-state index in [0.29, 0.717) is 18.2 Å². The fourth-order valence-corrected chi connectivity index (χ4v) is 4.63. The summed E-state index contributed by atoms with van der Waals surface area (Å²) in [6.45, 7) is 3.45. The van der Waals surface area contributed by atoms with Crippen LogP contribution in [0.3, 0.4) is 0 Å². The Morgan fingerprint density at radius 2 is 1.91 bits per heavy atom. The quantitative estimate of drug-likeness (QED) is 0.624. The topological polar surface area (TPSA) is 79.2 Å². The van der Waals surface area contributed by atoms with E-state index in [0.717, 1.165) is 67.5 Å². The molecule has 1 fully saturated rings. The van der Waals surface area contributed by atoms with E-state index in [9.17, 15) is 9.18 Å². The third-order valence-corrected chi connectivity index (χ3v) is 6.41. The number of likely N-dealkylation sites (N-methyl/N-ethyl adjacent to an activating group) is 1. The van der Waals surface area contributed by atoms with Crippen molar-refractivity contribution in [2.45, 2.75) is 31.7 Å². The van der Waals surface area contributed by atoms with Crippen molar-refractivity contribution in [3.05, 3.63) is 54.0 Å². The van der Waals surface area contributed by atoms with Crippen molar-refractivity contribution in [1.29, 1.82) is 0 Å². The standard InChI is InChI=1S/C24H28FN7O/c1-30(2)11-12-32-14-20(16-3-5-18(25)6-4-16)28-23(32)17-7-9-31(10-8-17)24-19-13-21(33)29-22(19)26-15-27-24/h3-6,14-15,17H,7-13H2,1-2H3,(H,26,27,29,33). The zero-order chi connectivity index (χ0) is 22.9. The third kappa shape index (κ3) is 4.45. The predicted molar refractivity (Wildman–Crippen MR) is 125 cm³/mol. The Morgan fingerprint density at radius 3 is 2.64 bits per heavy atom. The van der Waals surface area contributed by atoms with Crippen LogP contribution in [0.1, 0.15) is 30.1 Å². The van der Waals surface area contributed by atoms with Crippen LogP contribution in [0.5, 0.6) is 0 Å². The van der Waals surface area contributed by atoms with Crippen molar-refractivity contribution in [2.24, 2.45) is 0 Å². The number of halogens is 1. The van der Waals surface area contributed by atoms with Gasteiger partial charge in [0.15, 0.2) is 0 Å². The van der Waals surface area contributed by atoms with Gasteiger partial charge in [-0.1, -0.05) is 0 Å². The lowest BCUT2D eigenvalue weighted by molar-refractivity contribution is -0.115. The molecule has 3 aromatic rings. The van der Waals surface area contributed by atoms with Gasteiger partial charge in [-0.2, -0.15) is 0 Å². The van der Waals surface area contributed by atoms with E-state index >= 15 is 0 Å². The molecule has 9 heteroatoms. The number of fused-ring (bicyclic) bond motifs is 1. The number of carbonyl (C=O) groups is 1. The fraction of sp³-hybridized carbons (Fsp3) is 0.417. The van der Waals surface area contributed by atoms with Crippen LogP contribution >= 0.6 is 0 Å². The molecule has 0 bridgehead atoms. The van der Waals surface area contributed by atoms with Crippen LogP contribution in [0, 0.1) is 5.82 Å². The van der Waals surface area contributed by atoms with Gasteiger partial charge in [0.05, 0.1) is 12.1 Å². The zero-order valence-electron chi connectivity index (χ0n) is 19.0. The molecule has 0 radical (unpaired) electrons. The van der Waals surface area contributed by atoms with Gasteiger partial charge in [-0.05, 0) is 51.2 Å². The minimum absolute atomic E-state index is 0.0297. The minimum Gasteiger partial charge on any atom is -0.356 e. The molecular weight excluding hydrogens is 421 g/mol. The molecule has 2 aliphatic heterocycles. The predicted octanol–water partition coefficient (Wildman–Crippen LogP) is 2.92. The van der Waals surface area contributed by atoms with Gasteiger partial charge in [0.2, 0.25) is 5.91 Å². The van der Waals surface area contributed by atoms with E-state index < -0.39 is 0 Å². The number of rotatable bonds is 6. The highest BCUT2D eigenvalue weighted by molar-refractivity contribution is 5.99. The van der Waals surface area contributed by atoms with Gasteiger partial charge in [0.1, 0.15) is 29.6 Å². The first-order valence-corrected chi connectivity index (χ1v) is 11.3. The molecule has 33 heavy (non-hydrogen) atoms. The number of hydrogen-bond acceptors (Lipinski definition) is 6. The normalized spacial score (nSPS) is 16.4. The van der Waals surface area contributed by atoms with Crippen molar-refractivity contribution in [3.63, 3.8) is 0 Å². The molecule has 4 heterocycles. The molecule has 172 valence electrons. The van der Waals surface area contributed by atoms with Gasteiger partial charge in [-0.15, -0.1) is 0 Å². The van der Waals surface area contributed by atoms with E-state index in [2.05, 4.69) is 49.9 Å². The molecule has 2 aromatic heterocycles. The van der Waals surface area contributed by atoms with Gasteiger partial charge in [0, 0.05) is 49.4 Å². The summed E-state index contributed by atoms with van der Waals surface area (Å²) in [7, 11) is 4.13. The maximum atomic E-state index is 13.4. The molecule has 8 nitrogen and oxygen atoms in total. The number of benzene rings is 1. The zero-order valence-corrected chi connectivity index (χ0v) is 19.0. The lowest BCUT2D eigenvalue weighted by Gasteiger charge is -2.33. The fourth-order valence-electron chi connectivity index (χ4n) is 4.63. The summed E-state index contributed by atoms with van der Waals surface area (Å²) in [6.07, 6.45) is 5.84. The summed E-state index contributed by atoms with van der Waals surface area (Å²) in [5, 5.41) is 2.81. The summed E-state index contributed by atoms with van der Waals surface area (Å²) < 4.78 is 15.7. The number of aromatic nitrogens is 4. The maximum Gasteiger partial charge on any atom is 0.230 e. The summed E-state index contributed by atoms with van der Waals surface area (Å²) >= 11 is 0. The summed E-state index contributed by atoms with van der Waals surface area (Å²) in [4.78, 5) is 29.9. The highest BCUT2D eigenvalue weighted by atomic mass is 19.1. The first kappa shape index (κ1) is 21.5. The number of carbonyl (C=O) groups excluding carboxylic acids is 1. The molecule has 1 aromatic carbocycles. The van der Waals surface area contributed by atoms with E-state index in [1.54, 1.807) is 12.1 Å². The maximum absolute atomic E-state index is 13.4. The van der Waals surface area contributed by atoms with Crippen LogP contribution in [-0.4, -0.2) is 64.1 Å². The Morgan fingerprint density at radius 1 is 1.15 bits per heavy atom. The number of nitrogens with one attached hydrogen (secondary N) is 1. The highest BCUT2D eigenvalue weighted by Crippen LogP contribution is 2.34. The minimum atomic E-state index is -0.244. The SMILES string of the molecule is CN(C)CCn1cc(-c2ccc(F)cc2)nc1C1CCN(c2ncnc3c2CC(=O)N3)CC1. The summed E-state index contributed by atoms with van der Waals surface area (Å²) in [5.41, 5.74) is 2.70.